The van der Waals surface area contributed by atoms with Gasteiger partial charge in [0.15, 0.2) is 0 Å². The van der Waals surface area contributed by atoms with Crippen molar-refractivity contribution in [2.24, 2.45) is 0 Å². The minimum atomic E-state index is -3.84. The van der Waals surface area contributed by atoms with E-state index >= 15 is 18.3 Å². The number of ether oxygens (including phenoxy) is 7. The Labute approximate surface area is 610 Å². The lowest BCUT2D eigenvalue weighted by Gasteiger charge is -2.45. The van der Waals surface area contributed by atoms with Gasteiger partial charge in [-0.25, -0.2) is 61.1 Å². The Kier molecular flexibility index (Phi) is 33.7. The first-order valence-electron chi connectivity index (χ1n) is 35.8. The molecule has 0 bridgehead atoms. The molecule has 0 saturated carbocycles. The standard InChI is InChI=1S/C60H129N14O21P7/c1-24-68-25-47(4)89-54(32-68)41-84-98(77,63(14)15)72-29-51(8)93-58(36-72)44-87-100(79,65(18)19)71-28-50(7)92-57(35-71)40-83-97(76,61-11)69-26-48(5)90-55(33-69)42-85-101(80,66(20)21)73-30-52(9)94-59(37-73)45-88-102(81,67(22)23)74-31-53(10)95-60(38-74)43-86-99(78,64(16)17)70-27-49(6)91-56(34-70)39-82-96(75,46(2)3)62(12)13/h46-60H,24-45H2,1-23H3,(H,61,76)/t47-,48-,49-,50-,51-,52-,53-,54-,55-,56-,57-,58-,59-,60-,96?,97?,98?,99?,100?,101?,102?/m0/s1. The van der Waals surface area contributed by atoms with E-state index in [1.54, 1.807) is 143 Å². The first kappa shape index (κ1) is 89.7. The van der Waals surface area contributed by atoms with Gasteiger partial charge in [-0.15, -0.1) is 0 Å². The molecule has 0 radical (unpaired) electrons. The predicted octanol–water partition coefficient (Wildman–Crippen LogP) is 6.59. The molecule has 1 N–H and O–H groups in total. The molecule has 0 aliphatic carbocycles. The number of nitrogens with zero attached hydrogens (tertiary/aromatic N) is 13. The second-order valence-electron chi connectivity index (χ2n) is 29.6. The van der Waals surface area contributed by atoms with Gasteiger partial charge >= 0.3 is 46.0 Å². The van der Waals surface area contributed by atoms with Gasteiger partial charge in [0.05, 0.1) is 132 Å². The summed E-state index contributed by atoms with van der Waals surface area (Å²) in [4.78, 5) is 2.30. The summed E-state index contributed by atoms with van der Waals surface area (Å²) in [6, 6.07) is 0. The Morgan fingerprint density at radius 2 is 0.539 bits per heavy atom. The molecule has 102 heavy (non-hydrogen) atoms. The number of nitrogens with one attached hydrogen (secondary N) is 1. The SMILES string of the molecule is CCN1C[C@@H](COP(=O)(N(C)C)N2C[C@@H](COP(=O)(N(C)C)N3C[C@@H](COP(=O)(NC)N4C[C@@H](COP(=O)(N(C)C)N5C[C@@H](COP(=O)(N(C)C)N6C[C@@H](COP(=O)(N(C)C)N7C[C@@H](COP(=O)(C(C)C)N(C)C)O[C@@H](C)C7)O[C@@H](C)C6)O[C@@H](C)C5)O[C@@H](C)C4)O[C@@H](C)C3)O[C@@H](C)C2)O[C@@H](C)C1. The molecule has 7 unspecified atom stereocenters. The molecule has 0 aromatic heterocycles. The third kappa shape index (κ3) is 22.7. The second kappa shape index (κ2) is 38.3. The first-order chi connectivity index (χ1) is 47.5. The van der Waals surface area contributed by atoms with Crippen LogP contribution in [0.4, 0.5) is 0 Å². The maximum Gasteiger partial charge on any atom is 0.345 e. The van der Waals surface area contributed by atoms with Gasteiger partial charge in [0, 0.05) is 97.3 Å². The zero-order chi connectivity index (χ0) is 75.8. The molecule has 35 nitrogen and oxygen atoms in total. The van der Waals surface area contributed by atoms with Gasteiger partial charge in [-0.05, 0) is 147 Å². The summed E-state index contributed by atoms with van der Waals surface area (Å²) in [5, 5.41) is 2.94. The van der Waals surface area contributed by atoms with Crippen molar-refractivity contribution in [1.82, 2.24) is 66.0 Å². The normalized spacial score (nSPS) is 34.6. The number of hydrogen-bond donors (Lipinski definition) is 1. The highest BCUT2D eigenvalue weighted by Gasteiger charge is 2.50. The van der Waals surface area contributed by atoms with Gasteiger partial charge in [0.1, 0.15) is 0 Å². The Morgan fingerprint density at radius 1 is 0.324 bits per heavy atom. The fraction of sp³-hybridized carbons (Fsp3) is 1.00. The van der Waals surface area contributed by atoms with Crippen LogP contribution in [0.1, 0.15) is 69.2 Å². The van der Waals surface area contributed by atoms with Crippen molar-refractivity contribution in [3.8, 4) is 0 Å². The van der Waals surface area contributed by atoms with Crippen LogP contribution in [-0.4, -0.2) is 388 Å². The molecule has 7 saturated heterocycles. The van der Waals surface area contributed by atoms with E-state index in [1.807, 2.05) is 67.0 Å². The highest BCUT2D eigenvalue weighted by atomic mass is 31.2. The fourth-order valence-corrected chi connectivity index (χ4v) is 28.0. The molecule has 42 heteroatoms. The summed E-state index contributed by atoms with van der Waals surface area (Å²) in [7, 11) is -3.73. The largest absolute Gasteiger partial charge is 0.370 e. The van der Waals surface area contributed by atoms with E-state index in [0.29, 0.717) is 19.6 Å². The van der Waals surface area contributed by atoms with Gasteiger partial charge in [0.2, 0.25) is 0 Å². The maximum absolute atomic E-state index is 15.4. The van der Waals surface area contributed by atoms with Crippen LogP contribution in [-0.2, 0) is 96.8 Å². The molecular formula is C60H129N14O21P7. The highest BCUT2D eigenvalue weighted by molar-refractivity contribution is 7.57. The topological polar surface area (TPSA) is 303 Å². The van der Waals surface area contributed by atoms with Gasteiger partial charge in [-0.2, -0.15) is 0 Å². The molecule has 0 amide bonds. The summed E-state index contributed by atoms with van der Waals surface area (Å²) < 4.78 is 213. The molecule has 7 heterocycles. The van der Waals surface area contributed by atoms with Crippen LogP contribution in [0.3, 0.4) is 0 Å². The van der Waals surface area contributed by atoms with Gasteiger partial charge < -0.3 is 64.8 Å². The summed E-state index contributed by atoms with van der Waals surface area (Å²) in [5.41, 5.74) is -0.250. The van der Waals surface area contributed by atoms with Crippen LogP contribution in [0, 0.1) is 0 Å². The van der Waals surface area contributed by atoms with Crippen molar-refractivity contribution >= 4 is 53.5 Å². The highest BCUT2D eigenvalue weighted by Crippen LogP contribution is 2.61. The van der Waals surface area contributed by atoms with Gasteiger partial charge in [-0.3, -0.25) is 36.9 Å². The molecule has 7 aliphatic heterocycles. The lowest BCUT2D eigenvalue weighted by Crippen LogP contribution is -2.51. The number of likely N-dealkylation sites (N-methyl/N-ethyl adjacent to an activating group) is 1. The number of morpholine rings is 7. The smallest absolute Gasteiger partial charge is 0.345 e. The monoisotopic (exact) mass is 1600 g/mol. The molecule has 0 spiro atoms. The first-order valence-corrected chi connectivity index (χ1v) is 46.7. The Hall–Kier alpha value is 0.490. The lowest BCUT2D eigenvalue weighted by molar-refractivity contribution is -0.0973. The van der Waals surface area contributed by atoms with E-state index in [9.17, 15) is 13.7 Å². The summed E-state index contributed by atoms with van der Waals surface area (Å²) in [6.07, 6.45) is -6.56. The molecule has 7 fully saturated rings. The Morgan fingerprint density at radius 3 is 0.765 bits per heavy atom. The summed E-state index contributed by atoms with van der Waals surface area (Å²) >= 11 is 0. The zero-order valence-corrected chi connectivity index (χ0v) is 71.5. The van der Waals surface area contributed by atoms with Crippen molar-refractivity contribution in [2.45, 2.75) is 160 Å². The minimum Gasteiger partial charge on any atom is -0.370 e. The molecule has 0 aromatic carbocycles. The quantitative estimate of drug-likeness (QED) is 0.0647. The molecule has 7 aliphatic rings. The van der Waals surface area contributed by atoms with Gasteiger partial charge in [0.25, 0.3) is 7.52 Å². The van der Waals surface area contributed by atoms with Crippen molar-refractivity contribution in [1.29, 1.82) is 0 Å². The van der Waals surface area contributed by atoms with Crippen LogP contribution in [0.2, 0.25) is 0 Å². The van der Waals surface area contributed by atoms with Crippen LogP contribution in [0.25, 0.3) is 0 Å². The van der Waals surface area contributed by atoms with E-state index in [4.69, 9.17) is 64.8 Å². The van der Waals surface area contributed by atoms with E-state index in [2.05, 4.69) is 16.9 Å². The Bertz CT molecular complexity index is 2990. The maximum atomic E-state index is 15.4. The molecular weight excluding hydrogens is 1470 g/mol. The predicted molar refractivity (Wildman–Crippen MR) is 393 cm³/mol. The molecule has 600 valence electrons. The summed E-state index contributed by atoms with van der Waals surface area (Å²) in [6.45, 7) is 23.4. The Balaban J connectivity index is 0.932. The lowest BCUT2D eigenvalue weighted by atomic mass is 10.2. The molecule has 7 rings (SSSR count). The van der Waals surface area contributed by atoms with Crippen LogP contribution < -0.4 is 5.09 Å². The van der Waals surface area contributed by atoms with E-state index < -0.39 is 115 Å². The van der Waals surface area contributed by atoms with E-state index in [0.717, 1.165) is 13.1 Å². The third-order valence-corrected chi connectivity index (χ3v) is 36.7. The average molecular weight is 1600 g/mol. The van der Waals surface area contributed by atoms with Crippen LogP contribution in [0.5, 0.6) is 0 Å². The average Bonchev–Trinajstić information content (AvgIpc) is 0.794. The zero-order valence-electron chi connectivity index (χ0n) is 65.2. The van der Waals surface area contributed by atoms with Crippen molar-refractivity contribution in [3.05, 3.63) is 0 Å². The second-order valence-corrected chi connectivity index (χ2v) is 48.1. The third-order valence-electron chi connectivity index (χ3n) is 18.9. The minimum absolute atomic E-state index is 0.0197. The number of rotatable bonds is 36. The van der Waals surface area contributed by atoms with Gasteiger partial charge in [-0.1, -0.05) is 20.8 Å². The van der Waals surface area contributed by atoms with Crippen LogP contribution >= 0.6 is 53.5 Å². The number of hydrogen-bond acceptors (Lipinski definition) is 22. The van der Waals surface area contributed by atoms with E-state index in [-0.39, 0.29) is 142 Å². The molecule has 21 atom stereocenters. The van der Waals surface area contributed by atoms with Crippen molar-refractivity contribution in [2.75, 3.05) is 236 Å². The summed E-state index contributed by atoms with van der Waals surface area (Å²) in [5.74, 6) is 0. The fourth-order valence-electron chi connectivity index (χ4n) is 14.0. The molecule has 0 aromatic rings. The van der Waals surface area contributed by atoms with Crippen molar-refractivity contribution in [3.63, 3.8) is 0 Å². The van der Waals surface area contributed by atoms with E-state index in [1.165, 1.54) is 0 Å². The van der Waals surface area contributed by atoms with Crippen LogP contribution in [0.15, 0.2) is 0 Å². The van der Waals surface area contributed by atoms with Crippen molar-refractivity contribution < 1.29 is 96.8 Å².